The van der Waals surface area contributed by atoms with Crippen LogP contribution in [0.4, 0.5) is 0 Å². The number of aromatic nitrogens is 1. The Labute approximate surface area is 127 Å². The van der Waals surface area contributed by atoms with Crippen molar-refractivity contribution in [3.05, 3.63) is 53.9 Å². The molecule has 1 N–H and O–H groups in total. The second kappa shape index (κ2) is 6.72. The molecule has 3 nitrogen and oxygen atoms in total. The van der Waals surface area contributed by atoms with Gasteiger partial charge in [0.1, 0.15) is 11.5 Å². The molecule has 0 amide bonds. The molecule has 0 fully saturated rings. The Balaban J connectivity index is 2.20. The molecule has 0 radical (unpaired) electrons. The van der Waals surface area contributed by atoms with Crippen LogP contribution in [0.1, 0.15) is 38.8 Å². The van der Waals surface area contributed by atoms with E-state index in [1.807, 2.05) is 24.3 Å². The highest BCUT2D eigenvalue weighted by atomic mass is 16.5. The van der Waals surface area contributed by atoms with Gasteiger partial charge in [0.25, 0.3) is 0 Å². The molecule has 1 aromatic carbocycles. The number of benzene rings is 1. The van der Waals surface area contributed by atoms with Gasteiger partial charge in [-0.1, -0.05) is 25.1 Å². The van der Waals surface area contributed by atoms with Crippen LogP contribution in [0.25, 0.3) is 0 Å². The Bertz CT molecular complexity index is 588. The summed E-state index contributed by atoms with van der Waals surface area (Å²) < 4.78 is 6.09. The summed E-state index contributed by atoms with van der Waals surface area (Å²) in [6.45, 7) is 9.35. The molecular weight excluding hydrogens is 260 g/mol. The first kappa shape index (κ1) is 15.5. The topological polar surface area (TPSA) is 34.1 Å². The number of para-hydroxylation sites is 1. The lowest BCUT2D eigenvalue weighted by Crippen LogP contribution is -2.35. The molecule has 0 saturated carbocycles. The molecule has 0 spiro atoms. The van der Waals surface area contributed by atoms with Crippen molar-refractivity contribution in [2.24, 2.45) is 0 Å². The first-order valence-corrected chi connectivity index (χ1v) is 7.43. The Morgan fingerprint density at radius 1 is 1.05 bits per heavy atom. The Morgan fingerprint density at radius 3 is 2.52 bits per heavy atom. The van der Waals surface area contributed by atoms with Gasteiger partial charge in [-0.15, -0.1) is 0 Å². The summed E-state index contributed by atoms with van der Waals surface area (Å²) in [5.41, 5.74) is 2.39. The molecule has 0 saturated heterocycles. The summed E-state index contributed by atoms with van der Waals surface area (Å²) in [7, 11) is 0. The van der Waals surface area contributed by atoms with Crippen LogP contribution in [-0.4, -0.2) is 10.5 Å². The van der Waals surface area contributed by atoms with Crippen molar-refractivity contribution in [3.8, 4) is 11.5 Å². The summed E-state index contributed by atoms with van der Waals surface area (Å²) in [4.78, 5) is 4.19. The van der Waals surface area contributed by atoms with E-state index in [1.54, 1.807) is 12.4 Å². The first-order chi connectivity index (χ1) is 9.99. The summed E-state index contributed by atoms with van der Waals surface area (Å²) >= 11 is 0. The van der Waals surface area contributed by atoms with E-state index in [0.29, 0.717) is 0 Å². The van der Waals surface area contributed by atoms with E-state index in [0.717, 1.165) is 30.0 Å². The highest BCUT2D eigenvalue weighted by Crippen LogP contribution is 2.28. The third kappa shape index (κ3) is 4.57. The predicted octanol–water partition coefficient (Wildman–Crippen LogP) is 4.32. The second-order valence-corrected chi connectivity index (χ2v) is 6.15. The van der Waals surface area contributed by atoms with Gasteiger partial charge < -0.3 is 10.1 Å². The quantitative estimate of drug-likeness (QED) is 0.887. The van der Waals surface area contributed by atoms with Gasteiger partial charge in [-0.3, -0.25) is 4.98 Å². The van der Waals surface area contributed by atoms with Crippen molar-refractivity contribution in [3.63, 3.8) is 0 Å². The predicted molar refractivity (Wildman–Crippen MR) is 86.7 cm³/mol. The van der Waals surface area contributed by atoms with Crippen molar-refractivity contribution in [1.29, 1.82) is 0 Å². The molecule has 1 aromatic heterocycles. The molecule has 2 aromatic rings. The summed E-state index contributed by atoms with van der Waals surface area (Å²) in [5.74, 6) is 1.72. The molecule has 0 aliphatic rings. The molecule has 1 heterocycles. The number of pyridine rings is 1. The summed E-state index contributed by atoms with van der Waals surface area (Å²) in [6.07, 6.45) is 4.54. The van der Waals surface area contributed by atoms with E-state index in [1.165, 1.54) is 5.56 Å². The smallest absolute Gasteiger partial charge is 0.150 e. The maximum atomic E-state index is 6.09. The van der Waals surface area contributed by atoms with Crippen molar-refractivity contribution >= 4 is 0 Å². The second-order valence-electron chi connectivity index (χ2n) is 6.15. The van der Waals surface area contributed by atoms with Crippen LogP contribution in [-0.2, 0) is 13.0 Å². The number of hydrogen-bond acceptors (Lipinski definition) is 3. The zero-order valence-corrected chi connectivity index (χ0v) is 13.3. The van der Waals surface area contributed by atoms with Crippen molar-refractivity contribution in [2.75, 3.05) is 0 Å². The SMILES string of the molecule is CCc1ccccc1Oc1cnccc1CNC(C)(C)C. The van der Waals surface area contributed by atoms with Gasteiger partial charge >= 0.3 is 0 Å². The number of rotatable bonds is 5. The highest BCUT2D eigenvalue weighted by Gasteiger charge is 2.12. The average Bonchev–Trinajstić information content (AvgIpc) is 2.46. The fraction of sp³-hybridized carbons (Fsp3) is 0.389. The largest absolute Gasteiger partial charge is 0.455 e. The van der Waals surface area contributed by atoms with Crippen LogP contribution in [0, 0.1) is 0 Å². The van der Waals surface area contributed by atoms with Gasteiger partial charge in [0.15, 0.2) is 0 Å². The van der Waals surface area contributed by atoms with Gasteiger partial charge in [0.2, 0.25) is 0 Å². The van der Waals surface area contributed by atoms with Gasteiger partial charge in [-0.25, -0.2) is 0 Å². The molecule has 0 aliphatic carbocycles. The number of hydrogen-bond donors (Lipinski definition) is 1. The van der Waals surface area contributed by atoms with Gasteiger partial charge in [0, 0.05) is 23.8 Å². The molecule has 0 bridgehead atoms. The molecule has 2 rings (SSSR count). The molecular formula is C18H24N2O. The first-order valence-electron chi connectivity index (χ1n) is 7.43. The summed E-state index contributed by atoms with van der Waals surface area (Å²) in [6, 6.07) is 10.1. The van der Waals surface area contributed by atoms with Crippen LogP contribution in [0.5, 0.6) is 11.5 Å². The Hall–Kier alpha value is -1.87. The van der Waals surface area contributed by atoms with E-state index < -0.39 is 0 Å². The molecule has 0 unspecified atom stereocenters. The maximum Gasteiger partial charge on any atom is 0.150 e. The fourth-order valence-corrected chi connectivity index (χ4v) is 2.02. The summed E-state index contributed by atoms with van der Waals surface area (Å²) in [5, 5.41) is 3.49. The lowest BCUT2D eigenvalue weighted by molar-refractivity contribution is 0.413. The van der Waals surface area contributed by atoms with Crippen LogP contribution in [0.15, 0.2) is 42.7 Å². The van der Waals surface area contributed by atoms with E-state index in [9.17, 15) is 0 Å². The zero-order chi connectivity index (χ0) is 15.3. The molecule has 3 heteroatoms. The number of ether oxygens (including phenoxy) is 1. The van der Waals surface area contributed by atoms with Crippen LogP contribution in [0.3, 0.4) is 0 Å². The van der Waals surface area contributed by atoms with E-state index in [-0.39, 0.29) is 5.54 Å². The average molecular weight is 284 g/mol. The van der Waals surface area contributed by atoms with Crippen LogP contribution < -0.4 is 10.1 Å². The van der Waals surface area contributed by atoms with Gasteiger partial charge in [-0.05, 0) is 44.9 Å². The number of aryl methyl sites for hydroxylation is 1. The maximum absolute atomic E-state index is 6.09. The van der Waals surface area contributed by atoms with Crippen molar-refractivity contribution in [2.45, 2.75) is 46.2 Å². The minimum atomic E-state index is 0.0713. The standard InChI is InChI=1S/C18H24N2O/c1-5-14-8-6-7-9-16(14)21-17-13-19-11-10-15(17)12-20-18(2,3)4/h6-11,13,20H,5,12H2,1-4H3. The van der Waals surface area contributed by atoms with Crippen molar-refractivity contribution in [1.82, 2.24) is 10.3 Å². The van der Waals surface area contributed by atoms with E-state index >= 15 is 0 Å². The molecule has 0 aliphatic heterocycles. The zero-order valence-electron chi connectivity index (χ0n) is 13.3. The normalized spacial score (nSPS) is 11.4. The highest BCUT2D eigenvalue weighted by molar-refractivity contribution is 5.40. The molecule has 0 atom stereocenters. The monoisotopic (exact) mass is 284 g/mol. The van der Waals surface area contributed by atoms with E-state index in [2.05, 4.69) is 44.1 Å². The van der Waals surface area contributed by atoms with Gasteiger partial charge in [0.05, 0.1) is 6.20 Å². The van der Waals surface area contributed by atoms with Crippen LogP contribution >= 0.6 is 0 Å². The lowest BCUT2D eigenvalue weighted by atomic mass is 10.1. The number of nitrogens with one attached hydrogen (secondary N) is 1. The molecule has 21 heavy (non-hydrogen) atoms. The minimum Gasteiger partial charge on any atom is -0.455 e. The van der Waals surface area contributed by atoms with Gasteiger partial charge in [-0.2, -0.15) is 0 Å². The Kier molecular flexibility index (Phi) is 4.97. The Morgan fingerprint density at radius 2 is 1.81 bits per heavy atom. The minimum absolute atomic E-state index is 0.0713. The third-order valence-electron chi connectivity index (χ3n) is 3.25. The van der Waals surface area contributed by atoms with Crippen LogP contribution in [0.2, 0.25) is 0 Å². The number of nitrogens with zero attached hydrogens (tertiary/aromatic N) is 1. The third-order valence-corrected chi connectivity index (χ3v) is 3.25. The lowest BCUT2D eigenvalue weighted by Gasteiger charge is -2.21. The molecule has 112 valence electrons. The fourth-order valence-electron chi connectivity index (χ4n) is 2.02. The van der Waals surface area contributed by atoms with E-state index in [4.69, 9.17) is 4.74 Å². The van der Waals surface area contributed by atoms with Crippen molar-refractivity contribution < 1.29 is 4.74 Å².